The zero-order valence-electron chi connectivity index (χ0n) is 11.6. The van der Waals surface area contributed by atoms with Gasteiger partial charge in [-0.25, -0.2) is 4.98 Å². The van der Waals surface area contributed by atoms with E-state index in [1.807, 2.05) is 6.92 Å². The van der Waals surface area contributed by atoms with Gasteiger partial charge in [-0.05, 0) is 6.42 Å². The smallest absolute Gasteiger partial charge is 0.275 e. The fourth-order valence-electron chi connectivity index (χ4n) is 1.60. The highest BCUT2D eigenvalue weighted by Gasteiger charge is 2.20. The molecule has 102 valence electrons. The molecule has 0 aliphatic carbocycles. The van der Waals surface area contributed by atoms with Gasteiger partial charge in [-0.1, -0.05) is 27.7 Å². The van der Waals surface area contributed by atoms with Crippen LogP contribution >= 0.6 is 11.3 Å². The van der Waals surface area contributed by atoms with E-state index in [0.717, 1.165) is 22.8 Å². The van der Waals surface area contributed by atoms with E-state index in [2.05, 4.69) is 41.3 Å². The first-order valence-electron chi connectivity index (χ1n) is 6.21. The molecule has 0 spiro atoms. The van der Waals surface area contributed by atoms with Crippen LogP contribution in [0.15, 0.2) is 11.6 Å². The average Bonchev–Trinajstić information content (AvgIpc) is 2.95. The molecule has 2 N–H and O–H groups in total. The number of anilines is 1. The predicted octanol–water partition coefficient (Wildman–Crippen LogP) is 2.98. The Labute approximate surface area is 116 Å². The lowest BCUT2D eigenvalue weighted by atomic mass is 9.98. The third-order valence-electron chi connectivity index (χ3n) is 2.70. The zero-order valence-corrected chi connectivity index (χ0v) is 12.4. The van der Waals surface area contributed by atoms with E-state index in [1.54, 1.807) is 11.6 Å². The number of carbonyl (C=O) groups excluding carboxylic acids is 1. The van der Waals surface area contributed by atoms with Crippen LogP contribution in [-0.2, 0) is 11.8 Å². The summed E-state index contributed by atoms with van der Waals surface area (Å²) in [7, 11) is 0. The Morgan fingerprint density at radius 1 is 1.47 bits per heavy atom. The maximum Gasteiger partial charge on any atom is 0.275 e. The van der Waals surface area contributed by atoms with Crippen molar-refractivity contribution in [2.45, 2.75) is 39.5 Å². The molecule has 6 heteroatoms. The van der Waals surface area contributed by atoms with Crippen molar-refractivity contribution in [3.05, 3.63) is 28.0 Å². The minimum Gasteiger partial charge on any atom is -0.318 e. The molecule has 2 aromatic rings. The van der Waals surface area contributed by atoms with E-state index in [9.17, 15) is 4.79 Å². The van der Waals surface area contributed by atoms with Gasteiger partial charge >= 0.3 is 0 Å². The lowest BCUT2D eigenvalue weighted by molar-refractivity contribution is 0.102. The normalized spacial score (nSPS) is 11.6. The SMILES string of the molecule is CCc1[nH]ncc1NC(=O)c1csc(C(C)(C)C)n1. The van der Waals surface area contributed by atoms with Gasteiger partial charge in [0, 0.05) is 10.8 Å². The second-order valence-corrected chi connectivity index (χ2v) is 6.22. The van der Waals surface area contributed by atoms with Crippen molar-refractivity contribution in [3.63, 3.8) is 0 Å². The van der Waals surface area contributed by atoms with Crippen LogP contribution < -0.4 is 5.32 Å². The minimum atomic E-state index is -0.192. The van der Waals surface area contributed by atoms with Crippen LogP contribution in [-0.4, -0.2) is 21.1 Å². The number of nitrogens with zero attached hydrogens (tertiary/aromatic N) is 2. The summed E-state index contributed by atoms with van der Waals surface area (Å²) >= 11 is 1.51. The molecule has 0 bridgehead atoms. The number of hydrogen-bond acceptors (Lipinski definition) is 4. The number of thiazole rings is 1. The molecule has 0 saturated carbocycles. The van der Waals surface area contributed by atoms with Crippen molar-refractivity contribution < 1.29 is 4.79 Å². The van der Waals surface area contributed by atoms with Gasteiger partial charge in [-0.2, -0.15) is 5.10 Å². The summed E-state index contributed by atoms with van der Waals surface area (Å²) in [6, 6.07) is 0. The van der Waals surface area contributed by atoms with Gasteiger partial charge in [0.15, 0.2) is 0 Å². The molecular formula is C13H18N4OS. The molecule has 0 atom stereocenters. The highest BCUT2D eigenvalue weighted by Crippen LogP contribution is 2.26. The molecule has 19 heavy (non-hydrogen) atoms. The summed E-state index contributed by atoms with van der Waals surface area (Å²) in [5, 5.41) is 12.4. The van der Waals surface area contributed by atoms with E-state index in [1.165, 1.54) is 11.3 Å². The van der Waals surface area contributed by atoms with E-state index in [-0.39, 0.29) is 11.3 Å². The molecule has 0 unspecified atom stereocenters. The lowest BCUT2D eigenvalue weighted by Crippen LogP contribution is -2.15. The molecule has 2 heterocycles. The summed E-state index contributed by atoms with van der Waals surface area (Å²) in [5.41, 5.74) is 2.06. The van der Waals surface area contributed by atoms with Gasteiger partial charge in [0.1, 0.15) is 5.69 Å². The predicted molar refractivity (Wildman–Crippen MR) is 76.7 cm³/mol. The van der Waals surface area contributed by atoms with Crippen molar-refractivity contribution in [3.8, 4) is 0 Å². The number of rotatable bonds is 3. The fraction of sp³-hybridized carbons (Fsp3) is 0.462. The largest absolute Gasteiger partial charge is 0.318 e. The summed E-state index contributed by atoms with van der Waals surface area (Å²) in [6.07, 6.45) is 2.41. The van der Waals surface area contributed by atoms with E-state index >= 15 is 0 Å². The number of H-pyrrole nitrogens is 1. The van der Waals surface area contributed by atoms with Gasteiger partial charge < -0.3 is 5.32 Å². The number of nitrogens with one attached hydrogen (secondary N) is 2. The van der Waals surface area contributed by atoms with Crippen molar-refractivity contribution in [1.29, 1.82) is 0 Å². The van der Waals surface area contributed by atoms with Crippen LogP contribution in [0.3, 0.4) is 0 Å². The molecule has 0 aliphatic rings. The maximum absolute atomic E-state index is 12.1. The third kappa shape index (κ3) is 3.01. The second-order valence-electron chi connectivity index (χ2n) is 5.36. The Bertz CT molecular complexity index is 579. The fourth-order valence-corrected chi connectivity index (χ4v) is 2.49. The van der Waals surface area contributed by atoms with E-state index < -0.39 is 0 Å². The van der Waals surface area contributed by atoms with Crippen LogP contribution in [0.2, 0.25) is 0 Å². The van der Waals surface area contributed by atoms with Gasteiger partial charge in [0.25, 0.3) is 5.91 Å². The molecule has 0 fully saturated rings. The van der Waals surface area contributed by atoms with Crippen molar-refractivity contribution in [2.24, 2.45) is 0 Å². The monoisotopic (exact) mass is 278 g/mol. The first kappa shape index (κ1) is 13.7. The molecular weight excluding hydrogens is 260 g/mol. The molecule has 0 saturated heterocycles. The summed E-state index contributed by atoms with van der Waals surface area (Å²) in [4.78, 5) is 16.5. The van der Waals surface area contributed by atoms with Crippen LogP contribution in [0.1, 0.15) is 48.9 Å². The van der Waals surface area contributed by atoms with Gasteiger partial charge in [-0.15, -0.1) is 11.3 Å². The standard InChI is InChI=1S/C13H18N4OS/c1-5-8-9(6-14-17-8)15-11(18)10-7-19-12(16-10)13(2,3)4/h6-7H,5H2,1-4H3,(H,14,17)(H,15,18). The lowest BCUT2D eigenvalue weighted by Gasteiger charge is -2.13. The van der Waals surface area contributed by atoms with Gasteiger partial charge in [0.05, 0.1) is 22.6 Å². The summed E-state index contributed by atoms with van der Waals surface area (Å²) in [5.74, 6) is -0.192. The first-order chi connectivity index (χ1) is 8.91. The summed E-state index contributed by atoms with van der Waals surface area (Å²) in [6.45, 7) is 8.25. The molecule has 0 radical (unpaired) electrons. The van der Waals surface area contributed by atoms with Gasteiger partial charge in [0.2, 0.25) is 0 Å². The highest BCUT2D eigenvalue weighted by molar-refractivity contribution is 7.10. The number of carbonyl (C=O) groups is 1. The Balaban J connectivity index is 2.15. The molecule has 2 rings (SSSR count). The van der Waals surface area contributed by atoms with E-state index in [4.69, 9.17) is 0 Å². The van der Waals surface area contributed by atoms with Crippen LogP contribution in [0, 0.1) is 0 Å². The minimum absolute atomic E-state index is 0.0343. The number of amides is 1. The topological polar surface area (TPSA) is 70.7 Å². The molecule has 5 nitrogen and oxygen atoms in total. The Hall–Kier alpha value is -1.69. The molecule has 2 aromatic heterocycles. The highest BCUT2D eigenvalue weighted by atomic mass is 32.1. The number of aromatic amines is 1. The average molecular weight is 278 g/mol. The summed E-state index contributed by atoms with van der Waals surface area (Å²) < 4.78 is 0. The Morgan fingerprint density at radius 2 is 2.21 bits per heavy atom. The van der Waals surface area contributed by atoms with Crippen LogP contribution in [0.25, 0.3) is 0 Å². The first-order valence-corrected chi connectivity index (χ1v) is 7.09. The molecule has 1 amide bonds. The Kier molecular flexibility index (Phi) is 3.71. The number of aryl methyl sites for hydroxylation is 1. The quantitative estimate of drug-likeness (QED) is 0.906. The number of hydrogen-bond donors (Lipinski definition) is 2. The van der Waals surface area contributed by atoms with Crippen molar-refractivity contribution in [1.82, 2.24) is 15.2 Å². The van der Waals surface area contributed by atoms with Crippen LogP contribution in [0.5, 0.6) is 0 Å². The molecule has 0 aromatic carbocycles. The van der Waals surface area contributed by atoms with E-state index in [0.29, 0.717) is 5.69 Å². The van der Waals surface area contributed by atoms with Crippen molar-refractivity contribution in [2.75, 3.05) is 5.32 Å². The zero-order chi connectivity index (χ0) is 14.0. The van der Waals surface area contributed by atoms with Gasteiger partial charge in [-0.3, -0.25) is 9.89 Å². The number of aromatic nitrogens is 3. The third-order valence-corrected chi connectivity index (χ3v) is 3.97. The maximum atomic E-state index is 12.1. The van der Waals surface area contributed by atoms with Crippen LogP contribution in [0.4, 0.5) is 5.69 Å². The molecule has 0 aliphatic heterocycles. The van der Waals surface area contributed by atoms with Crippen molar-refractivity contribution >= 4 is 22.9 Å². The second kappa shape index (κ2) is 5.13. The Morgan fingerprint density at radius 3 is 2.79 bits per heavy atom.